The first-order valence-electron chi connectivity index (χ1n) is 8.83. The quantitative estimate of drug-likeness (QED) is 0.574. The fourth-order valence-corrected chi connectivity index (χ4v) is 2.99. The molecule has 138 valence electrons. The number of nitrogens with one attached hydrogen (secondary N) is 2. The molecule has 2 N–H and O–H groups in total. The van der Waals surface area contributed by atoms with Crippen molar-refractivity contribution in [1.29, 1.82) is 0 Å². The van der Waals surface area contributed by atoms with Crippen molar-refractivity contribution in [2.24, 2.45) is 0 Å². The van der Waals surface area contributed by atoms with Crippen molar-refractivity contribution in [3.63, 3.8) is 0 Å². The summed E-state index contributed by atoms with van der Waals surface area (Å²) in [6.07, 6.45) is 1.72. The number of H-pyrrole nitrogens is 1. The van der Waals surface area contributed by atoms with Gasteiger partial charge in [-0.05, 0) is 48.9 Å². The molecule has 4 rings (SSSR count). The highest BCUT2D eigenvalue weighted by Gasteiger charge is 2.12. The lowest BCUT2D eigenvalue weighted by Gasteiger charge is -2.09. The van der Waals surface area contributed by atoms with Gasteiger partial charge in [0.25, 0.3) is 11.5 Å². The number of aromatic nitrogens is 3. The molecule has 0 aliphatic heterocycles. The molecule has 4 aromatic rings. The van der Waals surface area contributed by atoms with E-state index in [4.69, 9.17) is 0 Å². The molecule has 0 unspecified atom stereocenters. The van der Waals surface area contributed by atoms with Gasteiger partial charge in [-0.3, -0.25) is 9.59 Å². The number of hydrogen-bond donors (Lipinski definition) is 2. The Bertz CT molecular complexity index is 1190. The molecule has 1 amide bonds. The van der Waals surface area contributed by atoms with Crippen LogP contribution in [0.1, 0.15) is 16.1 Å². The van der Waals surface area contributed by atoms with Gasteiger partial charge < -0.3 is 10.3 Å². The number of carbonyl (C=O) groups excluding carboxylic acids is 1. The third-order valence-corrected chi connectivity index (χ3v) is 4.42. The predicted octanol–water partition coefficient (Wildman–Crippen LogP) is 3.79. The minimum absolute atomic E-state index is 0.0559. The van der Waals surface area contributed by atoms with Gasteiger partial charge >= 0.3 is 0 Å². The zero-order valence-electron chi connectivity index (χ0n) is 15.2. The summed E-state index contributed by atoms with van der Waals surface area (Å²) in [5.41, 5.74) is 3.57. The Morgan fingerprint density at radius 3 is 2.54 bits per heavy atom. The Kier molecular flexibility index (Phi) is 4.60. The van der Waals surface area contributed by atoms with Crippen LogP contribution >= 0.6 is 0 Å². The van der Waals surface area contributed by atoms with Crippen LogP contribution in [0.2, 0.25) is 0 Å². The Morgan fingerprint density at radius 2 is 1.82 bits per heavy atom. The molecule has 0 aliphatic carbocycles. The lowest BCUT2D eigenvalue weighted by Crippen LogP contribution is -2.23. The van der Waals surface area contributed by atoms with Gasteiger partial charge in [0, 0.05) is 23.3 Å². The van der Waals surface area contributed by atoms with Gasteiger partial charge in [0.05, 0.1) is 5.69 Å². The van der Waals surface area contributed by atoms with E-state index < -0.39 is 11.5 Å². The highest BCUT2D eigenvalue weighted by molar-refractivity contribution is 6.04. The monoisotopic (exact) mass is 370 g/mol. The molecule has 0 bridgehead atoms. The number of aromatic amines is 1. The third-order valence-electron chi connectivity index (χ3n) is 4.42. The van der Waals surface area contributed by atoms with E-state index in [0.717, 1.165) is 16.9 Å². The van der Waals surface area contributed by atoms with Crippen molar-refractivity contribution in [1.82, 2.24) is 14.8 Å². The average Bonchev–Trinajstić information content (AvgIpc) is 3.14. The molecule has 0 saturated carbocycles. The number of nitrogens with zero attached hydrogens (tertiary/aromatic N) is 2. The van der Waals surface area contributed by atoms with Gasteiger partial charge in [0.1, 0.15) is 5.56 Å². The Balaban J connectivity index is 1.58. The molecule has 0 aliphatic rings. The van der Waals surface area contributed by atoms with Crippen LogP contribution in [0.25, 0.3) is 16.9 Å². The fourth-order valence-electron chi connectivity index (χ4n) is 2.99. The van der Waals surface area contributed by atoms with Crippen molar-refractivity contribution in [2.75, 3.05) is 5.32 Å². The van der Waals surface area contributed by atoms with E-state index >= 15 is 0 Å². The van der Waals surface area contributed by atoms with Crippen LogP contribution in [0.4, 0.5) is 5.69 Å². The second kappa shape index (κ2) is 7.36. The topological polar surface area (TPSA) is 79.8 Å². The first kappa shape index (κ1) is 17.5. The molecule has 0 spiro atoms. The largest absolute Gasteiger partial charge is 0.322 e. The number of pyridine rings is 1. The van der Waals surface area contributed by atoms with Crippen LogP contribution in [-0.2, 0) is 0 Å². The summed E-state index contributed by atoms with van der Waals surface area (Å²) in [5.74, 6) is -0.463. The van der Waals surface area contributed by atoms with E-state index in [-0.39, 0.29) is 5.56 Å². The molecule has 2 aromatic heterocycles. The van der Waals surface area contributed by atoms with E-state index in [0.29, 0.717) is 11.4 Å². The smallest absolute Gasteiger partial charge is 0.261 e. The summed E-state index contributed by atoms with van der Waals surface area (Å²) in [7, 11) is 0. The molecule has 0 atom stereocenters. The van der Waals surface area contributed by atoms with E-state index in [1.54, 1.807) is 23.0 Å². The molecule has 0 fully saturated rings. The van der Waals surface area contributed by atoms with Crippen LogP contribution in [0, 0.1) is 6.92 Å². The van der Waals surface area contributed by atoms with Crippen molar-refractivity contribution in [3.05, 3.63) is 101 Å². The molecule has 28 heavy (non-hydrogen) atoms. The SMILES string of the molecule is Cc1ccnn1-c1cccc(NC(=O)c2ccc(-c3ccccc3)[nH]c2=O)c1. The minimum Gasteiger partial charge on any atom is -0.322 e. The summed E-state index contributed by atoms with van der Waals surface area (Å²) in [6.45, 7) is 1.95. The molecule has 2 heterocycles. The maximum atomic E-state index is 12.6. The van der Waals surface area contributed by atoms with E-state index in [1.165, 1.54) is 6.07 Å². The number of anilines is 1. The molecule has 6 nitrogen and oxygen atoms in total. The normalized spacial score (nSPS) is 10.6. The van der Waals surface area contributed by atoms with Gasteiger partial charge in [-0.15, -0.1) is 0 Å². The van der Waals surface area contributed by atoms with Crippen molar-refractivity contribution < 1.29 is 4.79 Å². The van der Waals surface area contributed by atoms with Crippen molar-refractivity contribution >= 4 is 11.6 Å². The predicted molar refractivity (Wildman–Crippen MR) is 109 cm³/mol. The number of amides is 1. The highest BCUT2D eigenvalue weighted by atomic mass is 16.2. The third kappa shape index (κ3) is 3.48. The molecule has 6 heteroatoms. The van der Waals surface area contributed by atoms with Gasteiger partial charge in [-0.25, -0.2) is 4.68 Å². The fraction of sp³-hybridized carbons (Fsp3) is 0.0455. The molecule has 0 radical (unpaired) electrons. The maximum absolute atomic E-state index is 12.6. The summed E-state index contributed by atoms with van der Waals surface area (Å²) in [5, 5.41) is 7.05. The number of rotatable bonds is 4. The van der Waals surface area contributed by atoms with Gasteiger partial charge in [0.15, 0.2) is 0 Å². The average molecular weight is 370 g/mol. The number of aryl methyl sites for hydroxylation is 1. The zero-order chi connectivity index (χ0) is 19.5. The molecule has 0 saturated heterocycles. The lowest BCUT2D eigenvalue weighted by atomic mass is 10.1. The van der Waals surface area contributed by atoms with E-state index in [9.17, 15) is 9.59 Å². The van der Waals surface area contributed by atoms with Crippen LogP contribution < -0.4 is 10.9 Å². The van der Waals surface area contributed by atoms with Gasteiger partial charge in [-0.1, -0.05) is 36.4 Å². The summed E-state index contributed by atoms with van der Waals surface area (Å²) >= 11 is 0. The van der Waals surface area contributed by atoms with Gasteiger partial charge in [0.2, 0.25) is 0 Å². The standard InChI is InChI=1S/C22H18N4O2/c1-15-12-13-23-26(15)18-9-5-8-17(14-18)24-21(27)19-10-11-20(25-22(19)28)16-6-3-2-4-7-16/h2-14H,1H3,(H,24,27)(H,25,28). The Morgan fingerprint density at radius 1 is 1.00 bits per heavy atom. The van der Waals surface area contributed by atoms with Crippen LogP contribution in [0.3, 0.4) is 0 Å². The first-order valence-corrected chi connectivity index (χ1v) is 8.83. The molecule has 2 aromatic carbocycles. The highest BCUT2D eigenvalue weighted by Crippen LogP contribution is 2.17. The second-order valence-corrected chi connectivity index (χ2v) is 6.37. The molecular weight excluding hydrogens is 352 g/mol. The van der Waals surface area contributed by atoms with Crippen LogP contribution in [0.5, 0.6) is 0 Å². The minimum atomic E-state index is -0.463. The summed E-state index contributed by atoms with van der Waals surface area (Å²) in [6, 6.07) is 22.0. The Labute approximate surface area is 161 Å². The first-order chi connectivity index (χ1) is 13.6. The van der Waals surface area contributed by atoms with Crippen molar-refractivity contribution in [3.8, 4) is 16.9 Å². The number of carbonyl (C=O) groups is 1. The second-order valence-electron chi connectivity index (χ2n) is 6.37. The van der Waals surface area contributed by atoms with Crippen LogP contribution in [0.15, 0.2) is 83.8 Å². The summed E-state index contributed by atoms with van der Waals surface area (Å²) < 4.78 is 1.77. The maximum Gasteiger partial charge on any atom is 0.261 e. The Hall–Kier alpha value is -3.93. The number of hydrogen-bond acceptors (Lipinski definition) is 3. The lowest BCUT2D eigenvalue weighted by molar-refractivity contribution is 0.102. The van der Waals surface area contributed by atoms with E-state index in [2.05, 4.69) is 15.4 Å². The van der Waals surface area contributed by atoms with Crippen LogP contribution in [-0.4, -0.2) is 20.7 Å². The summed E-state index contributed by atoms with van der Waals surface area (Å²) in [4.78, 5) is 27.8. The van der Waals surface area contributed by atoms with Crippen molar-refractivity contribution in [2.45, 2.75) is 6.92 Å². The number of benzene rings is 2. The van der Waals surface area contributed by atoms with E-state index in [1.807, 2.05) is 61.5 Å². The van der Waals surface area contributed by atoms with Gasteiger partial charge in [-0.2, -0.15) is 5.10 Å². The zero-order valence-corrected chi connectivity index (χ0v) is 15.2. The molecular formula is C22H18N4O2.